The van der Waals surface area contributed by atoms with Crippen LogP contribution in [-0.2, 0) is 12.7 Å². The highest BCUT2D eigenvalue weighted by Gasteiger charge is 2.33. The van der Waals surface area contributed by atoms with Gasteiger partial charge in [-0.1, -0.05) is 0 Å². The second-order valence-electron chi connectivity index (χ2n) is 3.98. The Morgan fingerprint density at radius 1 is 1.35 bits per heavy atom. The van der Waals surface area contributed by atoms with Gasteiger partial charge in [-0.3, -0.25) is 4.98 Å². The summed E-state index contributed by atoms with van der Waals surface area (Å²) in [6.45, 7) is 1.53. The van der Waals surface area contributed by atoms with E-state index in [1.807, 2.05) is 19.0 Å². The van der Waals surface area contributed by atoms with Crippen LogP contribution >= 0.6 is 0 Å². The van der Waals surface area contributed by atoms with Crippen LogP contribution in [0.25, 0.3) is 0 Å². The average molecular weight is 247 g/mol. The van der Waals surface area contributed by atoms with E-state index in [9.17, 15) is 13.2 Å². The molecule has 96 valence electrons. The first-order chi connectivity index (χ1) is 7.91. The molecule has 1 aromatic rings. The summed E-state index contributed by atoms with van der Waals surface area (Å²) in [5, 5.41) is 2.94. The van der Waals surface area contributed by atoms with E-state index in [0.29, 0.717) is 6.54 Å². The van der Waals surface area contributed by atoms with Gasteiger partial charge >= 0.3 is 6.18 Å². The lowest BCUT2D eigenvalue weighted by Gasteiger charge is -2.13. The molecule has 1 N–H and O–H groups in total. The summed E-state index contributed by atoms with van der Waals surface area (Å²) >= 11 is 0. The minimum absolute atomic E-state index is 0.0405. The molecule has 0 bridgehead atoms. The fourth-order valence-electron chi connectivity index (χ4n) is 1.35. The molecular weight excluding hydrogens is 231 g/mol. The van der Waals surface area contributed by atoms with Crippen molar-refractivity contribution in [3.05, 3.63) is 29.6 Å². The van der Waals surface area contributed by atoms with Crippen LogP contribution in [0.2, 0.25) is 0 Å². The summed E-state index contributed by atoms with van der Waals surface area (Å²) in [5.41, 5.74) is -0.629. The van der Waals surface area contributed by atoms with Crippen LogP contribution in [0, 0.1) is 0 Å². The van der Waals surface area contributed by atoms with Crippen LogP contribution in [0.4, 0.5) is 13.2 Å². The maximum atomic E-state index is 12.6. The first-order valence-corrected chi connectivity index (χ1v) is 5.28. The summed E-state index contributed by atoms with van der Waals surface area (Å²) in [5.74, 6) is 0. The zero-order valence-corrected chi connectivity index (χ0v) is 9.88. The summed E-state index contributed by atoms with van der Waals surface area (Å²) in [7, 11) is 3.81. The Kier molecular flexibility index (Phi) is 4.89. The first-order valence-electron chi connectivity index (χ1n) is 5.28. The summed E-state index contributed by atoms with van der Waals surface area (Å²) in [6, 6.07) is 2.35. The van der Waals surface area contributed by atoms with Gasteiger partial charge in [0.2, 0.25) is 0 Å². The Morgan fingerprint density at radius 3 is 2.65 bits per heavy atom. The smallest absolute Gasteiger partial charge is 0.310 e. The number of likely N-dealkylation sites (N-methyl/N-ethyl adjacent to an activating group) is 1. The quantitative estimate of drug-likeness (QED) is 0.803. The molecule has 6 heteroatoms. The number of aromatic nitrogens is 1. The third kappa shape index (κ3) is 4.70. The number of nitrogens with one attached hydrogen (secondary N) is 1. The number of hydrogen-bond acceptors (Lipinski definition) is 3. The van der Waals surface area contributed by atoms with E-state index in [2.05, 4.69) is 10.3 Å². The molecule has 0 saturated carbocycles. The molecule has 0 saturated heterocycles. The third-order valence-electron chi connectivity index (χ3n) is 2.22. The molecular formula is C11H16F3N3. The van der Waals surface area contributed by atoms with E-state index in [-0.39, 0.29) is 12.2 Å². The molecule has 0 aliphatic carbocycles. The number of rotatable bonds is 5. The predicted octanol–water partition coefficient (Wildman–Crippen LogP) is 1.75. The van der Waals surface area contributed by atoms with Crippen molar-refractivity contribution in [1.29, 1.82) is 0 Å². The van der Waals surface area contributed by atoms with Crippen molar-refractivity contribution >= 4 is 0 Å². The van der Waals surface area contributed by atoms with Crippen LogP contribution in [0.1, 0.15) is 11.3 Å². The normalized spacial score (nSPS) is 12.1. The lowest BCUT2D eigenvalue weighted by Crippen LogP contribution is -2.27. The van der Waals surface area contributed by atoms with Crippen molar-refractivity contribution in [3.8, 4) is 0 Å². The van der Waals surface area contributed by atoms with E-state index < -0.39 is 11.7 Å². The lowest BCUT2D eigenvalue weighted by molar-refractivity contribution is -0.138. The molecule has 1 rings (SSSR count). The van der Waals surface area contributed by atoms with Gasteiger partial charge in [-0.05, 0) is 26.2 Å². The predicted molar refractivity (Wildman–Crippen MR) is 59.5 cm³/mol. The molecule has 17 heavy (non-hydrogen) atoms. The molecule has 0 unspecified atom stereocenters. The summed E-state index contributed by atoms with van der Waals surface area (Å²) < 4.78 is 37.8. The fraction of sp³-hybridized carbons (Fsp3) is 0.545. The minimum atomic E-state index is -4.34. The van der Waals surface area contributed by atoms with Crippen molar-refractivity contribution in [2.24, 2.45) is 0 Å². The SMILES string of the molecule is CN(C)CCNCc1ncccc1C(F)(F)F. The molecule has 1 heterocycles. The maximum absolute atomic E-state index is 12.6. The molecule has 0 aliphatic heterocycles. The van der Waals surface area contributed by atoms with Crippen molar-refractivity contribution in [2.45, 2.75) is 12.7 Å². The van der Waals surface area contributed by atoms with Crippen LogP contribution in [0.3, 0.4) is 0 Å². The average Bonchev–Trinajstić information content (AvgIpc) is 2.23. The highest BCUT2D eigenvalue weighted by atomic mass is 19.4. The standard InChI is InChI=1S/C11H16F3N3/c1-17(2)7-6-15-8-10-9(11(12,13)14)4-3-5-16-10/h3-5,15H,6-8H2,1-2H3. The fourth-order valence-corrected chi connectivity index (χ4v) is 1.35. The second kappa shape index (κ2) is 5.97. The van der Waals surface area contributed by atoms with E-state index in [1.54, 1.807) is 0 Å². The Balaban J connectivity index is 2.59. The Hall–Kier alpha value is -1.14. The van der Waals surface area contributed by atoms with Crippen molar-refractivity contribution in [1.82, 2.24) is 15.2 Å². The highest BCUT2D eigenvalue weighted by Crippen LogP contribution is 2.30. The van der Waals surface area contributed by atoms with Gasteiger partial charge in [0, 0.05) is 25.8 Å². The number of halogens is 3. The number of hydrogen-bond donors (Lipinski definition) is 1. The molecule has 0 fully saturated rings. The van der Waals surface area contributed by atoms with Gasteiger partial charge in [-0.25, -0.2) is 0 Å². The maximum Gasteiger partial charge on any atom is 0.418 e. The van der Waals surface area contributed by atoms with Gasteiger partial charge < -0.3 is 10.2 Å². The van der Waals surface area contributed by atoms with Crippen LogP contribution in [0.5, 0.6) is 0 Å². The van der Waals surface area contributed by atoms with Crippen molar-refractivity contribution in [3.63, 3.8) is 0 Å². The van der Waals surface area contributed by atoms with Gasteiger partial charge in [0.05, 0.1) is 11.3 Å². The van der Waals surface area contributed by atoms with Gasteiger partial charge in [0.25, 0.3) is 0 Å². The van der Waals surface area contributed by atoms with E-state index >= 15 is 0 Å². The van der Waals surface area contributed by atoms with Crippen LogP contribution in [0.15, 0.2) is 18.3 Å². The lowest BCUT2D eigenvalue weighted by atomic mass is 10.2. The van der Waals surface area contributed by atoms with Crippen molar-refractivity contribution < 1.29 is 13.2 Å². The molecule has 0 amide bonds. The minimum Gasteiger partial charge on any atom is -0.310 e. The second-order valence-corrected chi connectivity index (χ2v) is 3.98. The molecule has 3 nitrogen and oxygen atoms in total. The molecule has 0 spiro atoms. The van der Waals surface area contributed by atoms with Gasteiger partial charge in [-0.15, -0.1) is 0 Å². The zero-order chi connectivity index (χ0) is 12.9. The van der Waals surface area contributed by atoms with Crippen molar-refractivity contribution in [2.75, 3.05) is 27.2 Å². The molecule has 0 radical (unpaired) electrons. The number of pyridine rings is 1. The Morgan fingerprint density at radius 2 is 2.06 bits per heavy atom. The summed E-state index contributed by atoms with van der Waals surface area (Å²) in [4.78, 5) is 5.72. The van der Waals surface area contributed by atoms with Crippen LogP contribution < -0.4 is 5.32 Å². The topological polar surface area (TPSA) is 28.2 Å². The highest BCUT2D eigenvalue weighted by molar-refractivity contribution is 5.22. The Bertz CT molecular complexity index is 350. The monoisotopic (exact) mass is 247 g/mol. The summed E-state index contributed by atoms with van der Waals surface area (Å²) in [6.07, 6.45) is -2.97. The molecule has 0 atom stereocenters. The molecule has 1 aromatic heterocycles. The van der Waals surface area contributed by atoms with E-state index in [4.69, 9.17) is 0 Å². The van der Waals surface area contributed by atoms with Gasteiger partial charge in [0.1, 0.15) is 0 Å². The van der Waals surface area contributed by atoms with E-state index in [1.165, 1.54) is 12.3 Å². The van der Waals surface area contributed by atoms with Gasteiger partial charge in [0.15, 0.2) is 0 Å². The number of alkyl halides is 3. The number of nitrogens with zero attached hydrogens (tertiary/aromatic N) is 2. The van der Waals surface area contributed by atoms with Gasteiger partial charge in [-0.2, -0.15) is 13.2 Å². The zero-order valence-electron chi connectivity index (χ0n) is 9.88. The molecule has 0 aromatic carbocycles. The van der Waals surface area contributed by atoms with E-state index in [0.717, 1.165) is 12.6 Å². The first kappa shape index (κ1) is 13.9. The Labute approximate surface area is 98.6 Å². The molecule has 0 aliphatic rings. The largest absolute Gasteiger partial charge is 0.418 e. The third-order valence-corrected chi connectivity index (χ3v) is 2.22. The van der Waals surface area contributed by atoms with Crippen LogP contribution in [-0.4, -0.2) is 37.1 Å².